The van der Waals surface area contributed by atoms with E-state index < -0.39 is 10.0 Å². The number of aryl methyl sites for hydroxylation is 1. The molecule has 0 saturated heterocycles. The molecule has 0 aliphatic carbocycles. The quantitative estimate of drug-likeness (QED) is 0.631. The highest BCUT2D eigenvalue weighted by Crippen LogP contribution is 2.20. The van der Waals surface area contributed by atoms with Crippen molar-refractivity contribution in [3.05, 3.63) is 48.5 Å². The van der Waals surface area contributed by atoms with Crippen LogP contribution in [-0.2, 0) is 17.1 Å². The zero-order valence-electron chi connectivity index (χ0n) is 14.8. The van der Waals surface area contributed by atoms with Crippen molar-refractivity contribution < 1.29 is 8.42 Å². The number of sulfonamides is 1. The van der Waals surface area contributed by atoms with E-state index in [0.717, 1.165) is 17.2 Å². The first-order valence-electron chi connectivity index (χ1n) is 8.02. The number of benzene rings is 1. The number of nitrogens with one attached hydrogen (secondary N) is 2. The van der Waals surface area contributed by atoms with E-state index in [1.54, 1.807) is 30.6 Å². The van der Waals surface area contributed by atoms with E-state index in [-0.39, 0.29) is 11.4 Å². The van der Waals surface area contributed by atoms with Gasteiger partial charge in [-0.15, -0.1) is 6.42 Å². The van der Waals surface area contributed by atoms with E-state index in [9.17, 15) is 8.42 Å². The van der Waals surface area contributed by atoms with E-state index in [4.69, 9.17) is 6.42 Å². The molecule has 0 aliphatic rings. The van der Waals surface area contributed by atoms with Crippen molar-refractivity contribution in [2.45, 2.75) is 11.8 Å². The number of aromatic nitrogens is 4. The molecule has 3 aromatic rings. The van der Waals surface area contributed by atoms with Gasteiger partial charge < -0.3 is 9.88 Å². The number of terminal acetylenes is 1. The van der Waals surface area contributed by atoms with Crippen LogP contribution in [0.15, 0.2) is 47.6 Å². The predicted molar refractivity (Wildman–Crippen MR) is 103 cm³/mol. The van der Waals surface area contributed by atoms with Crippen LogP contribution in [0, 0.1) is 19.3 Å². The molecule has 2 aromatic heterocycles. The number of nitrogens with zero attached hydrogens (tertiary/aromatic N) is 4. The van der Waals surface area contributed by atoms with Crippen molar-refractivity contribution >= 4 is 21.7 Å². The minimum Gasteiger partial charge on any atom is -0.330 e. The average Bonchev–Trinajstić information content (AvgIpc) is 3.00. The molecule has 0 amide bonds. The molecule has 8 nitrogen and oxygen atoms in total. The maximum absolute atomic E-state index is 12.0. The monoisotopic (exact) mass is 382 g/mol. The average molecular weight is 382 g/mol. The van der Waals surface area contributed by atoms with Gasteiger partial charge in [-0.3, -0.25) is 0 Å². The van der Waals surface area contributed by atoms with E-state index in [1.807, 2.05) is 18.5 Å². The fraction of sp³-hybridized carbons (Fsp3) is 0.167. The molecule has 27 heavy (non-hydrogen) atoms. The van der Waals surface area contributed by atoms with Gasteiger partial charge in [0.25, 0.3) is 0 Å². The molecule has 0 unspecified atom stereocenters. The highest BCUT2D eigenvalue weighted by Gasteiger charge is 2.13. The van der Waals surface area contributed by atoms with Crippen molar-refractivity contribution in [2.24, 2.45) is 7.05 Å². The van der Waals surface area contributed by atoms with E-state index in [0.29, 0.717) is 11.6 Å². The minimum atomic E-state index is -3.62. The summed E-state index contributed by atoms with van der Waals surface area (Å²) in [6.07, 6.45) is 8.49. The van der Waals surface area contributed by atoms with Gasteiger partial charge in [0.2, 0.25) is 16.0 Å². The molecule has 2 N–H and O–H groups in total. The Bertz CT molecular complexity index is 1100. The molecule has 0 bridgehead atoms. The third-order valence-electron chi connectivity index (χ3n) is 3.92. The summed E-state index contributed by atoms with van der Waals surface area (Å²) in [5.74, 6) is 3.51. The summed E-state index contributed by atoms with van der Waals surface area (Å²) >= 11 is 0. The van der Waals surface area contributed by atoms with Crippen LogP contribution in [0.1, 0.15) is 5.82 Å². The third-order valence-corrected chi connectivity index (χ3v) is 5.34. The van der Waals surface area contributed by atoms with Crippen LogP contribution in [0.25, 0.3) is 11.4 Å². The van der Waals surface area contributed by atoms with Gasteiger partial charge in [-0.05, 0) is 37.3 Å². The fourth-order valence-electron chi connectivity index (χ4n) is 2.37. The Labute approximate surface area is 157 Å². The lowest BCUT2D eigenvalue weighted by molar-refractivity contribution is 0.586. The Hall–Kier alpha value is -3.22. The Morgan fingerprint density at radius 3 is 2.56 bits per heavy atom. The lowest BCUT2D eigenvalue weighted by Crippen LogP contribution is -2.23. The second-order valence-corrected chi connectivity index (χ2v) is 7.46. The zero-order valence-corrected chi connectivity index (χ0v) is 15.7. The summed E-state index contributed by atoms with van der Waals surface area (Å²) in [6.45, 7) is 1.86. The standard InChI is InChI=1S/C18H18N6O2S/c1-4-10-21-27(25,26)15-7-5-14(6-8-15)22-18-19-11-9-16(23-18)17-12-20-13(2)24(17)3/h1,5-9,11-12,21H,10H2,2-3H3,(H,19,22,23). The molecule has 0 atom stereocenters. The highest BCUT2D eigenvalue weighted by atomic mass is 32.2. The highest BCUT2D eigenvalue weighted by molar-refractivity contribution is 7.89. The summed E-state index contributed by atoms with van der Waals surface area (Å²) in [5, 5.41) is 3.06. The third kappa shape index (κ3) is 4.13. The molecule has 0 aliphatic heterocycles. The first-order chi connectivity index (χ1) is 12.9. The summed E-state index contributed by atoms with van der Waals surface area (Å²) < 4.78 is 28.3. The molecule has 2 heterocycles. The molecular formula is C18H18N6O2S. The lowest BCUT2D eigenvalue weighted by Gasteiger charge is -2.09. The predicted octanol–water partition coefficient (Wildman–Crippen LogP) is 1.84. The Morgan fingerprint density at radius 1 is 1.19 bits per heavy atom. The number of rotatable bonds is 6. The van der Waals surface area contributed by atoms with Crippen molar-refractivity contribution in [3.8, 4) is 23.7 Å². The van der Waals surface area contributed by atoms with Crippen LogP contribution in [0.2, 0.25) is 0 Å². The van der Waals surface area contributed by atoms with Gasteiger partial charge in [-0.2, -0.15) is 4.72 Å². The maximum Gasteiger partial charge on any atom is 0.241 e. The second kappa shape index (κ2) is 7.57. The van der Waals surface area contributed by atoms with Gasteiger partial charge in [0.05, 0.1) is 29.0 Å². The largest absolute Gasteiger partial charge is 0.330 e. The van der Waals surface area contributed by atoms with Gasteiger partial charge in [-0.25, -0.2) is 23.4 Å². The zero-order chi connectivity index (χ0) is 19.4. The molecule has 0 spiro atoms. The Morgan fingerprint density at radius 2 is 1.93 bits per heavy atom. The first-order valence-corrected chi connectivity index (χ1v) is 9.51. The van der Waals surface area contributed by atoms with E-state index >= 15 is 0 Å². The second-order valence-electron chi connectivity index (χ2n) is 5.69. The van der Waals surface area contributed by atoms with Crippen molar-refractivity contribution in [1.29, 1.82) is 0 Å². The van der Waals surface area contributed by atoms with Gasteiger partial charge in [0.15, 0.2) is 0 Å². The Balaban J connectivity index is 1.79. The van der Waals surface area contributed by atoms with Crippen molar-refractivity contribution in [1.82, 2.24) is 24.2 Å². The SMILES string of the molecule is C#CCNS(=O)(=O)c1ccc(Nc2nccc(-c3cnc(C)n3C)n2)cc1. The van der Waals surface area contributed by atoms with Crippen LogP contribution < -0.4 is 10.0 Å². The maximum atomic E-state index is 12.0. The van der Waals surface area contributed by atoms with Gasteiger partial charge >= 0.3 is 0 Å². The number of imidazole rings is 1. The summed E-state index contributed by atoms with van der Waals surface area (Å²) in [6, 6.07) is 8.03. The number of hydrogen-bond acceptors (Lipinski definition) is 6. The molecule has 9 heteroatoms. The van der Waals surface area contributed by atoms with Crippen LogP contribution in [0.3, 0.4) is 0 Å². The normalized spacial score (nSPS) is 11.1. The summed E-state index contributed by atoms with van der Waals surface area (Å²) in [4.78, 5) is 13.1. The Kier molecular flexibility index (Phi) is 5.21. The van der Waals surface area contributed by atoms with Crippen LogP contribution >= 0.6 is 0 Å². The smallest absolute Gasteiger partial charge is 0.241 e. The van der Waals surface area contributed by atoms with E-state index in [1.165, 1.54) is 12.1 Å². The number of hydrogen-bond donors (Lipinski definition) is 2. The molecule has 0 saturated carbocycles. The topological polar surface area (TPSA) is 102 Å². The van der Waals surface area contributed by atoms with Gasteiger partial charge in [0.1, 0.15) is 5.82 Å². The molecule has 138 valence electrons. The van der Waals surface area contributed by atoms with E-state index in [2.05, 4.69) is 30.9 Å². The van der Waals surface area contributed by atoms with Crippen LogP contribution in [0.5, 0.6) is 0 Å². The molecule has 0 radical (unpaired) electrons. The molecular weight excluding hydrogens is 364 g/mol. The minimum absolute atomic E-state index is 0.0591. The van der Waals surface area contributed by atoms with Crippen molar-refractivity contribution in [2.75, 3.05) is 11.9 Å². The molecule has 0 fully saturated rings. The van der Waals surface area contributed by atoms with Gasteiger partial charge in [-0.1, -0.05) is 5.92 Å². The summed E-state index contributed by atoms with van der Waals surface area (Å²) in [5.41, 5.74) is 2.26. The van der Waals surface area contributed by atoms with Crippen LogP contribution in [0.4, 0.5) is 11.6 Å². The lowest BCUT2D eigenvalue weighted by atomic mass is 10.3. The van der Waals surface area contributed by atoms with Crippen molar-refractivity contribution in [3.63, 3.8) is 0 Å². The first kappa shape index (κ1) is 18.6. The molecule has 1 aromatic carbocycles. The fourth-order valence-corrected chi connectivity index (χ4v) is 3.30. The van der Waals surface area contributed by atoms with Crippen LogP contribution in [-0.4, -0.2) is 34.5 Å². The number of anilines is 2. The molecule has 3 rings (SSSR count). The van der Waals surface area contributed by atoms with Gasteiger partial charge in [0, 0.05) is 18.9 Å². The summed E-state index contributed by atoms with van der Waals surface area (Å²) in [7, 11) is -1.70.